The summed E-state index contributed by atoms with van der Waals surface area (Å²) in [6, 6.07) is 7.76. The minimum atomic E-state index is -0.853. The lowest BCUT2D eigenvalue weighted by Gasteiger charge is -2.27. The van der Waals surface area contributed by atoms with Crippen molar-refractivity contribution in [2.24, 2.45) is 5.92 Å². The summed E-state index contributed by atoms with van der Waals surface area (Å²) in [6.07, 6.45) is 0. The van der Waals surface area contributed by atoms with Gasteiger partial charge in [-0.05, 0) is 43.5 Å². The molecule has 0 aliphatic heterocycles. The Labute approximate surface area is 126 Å². The van der Waals surface area contributed by atoms with Crippen molar-refractivity contribution in [2.45, 2.75) is 33.2 Å². The molecule has 0 aromatic heterocycles. The molecule has 0 fully saturated rings. The fourth-order valence-electron chi connectivity index (χ4n) is 1.77. The Morgan fingerprint density at radius 1 is 1.48 bits per heavy atom. The largest absolute Gasteiger partial charge is 0.497 e. The predicted octanol–water partition coefficient (Wildman–Crippen LogP) is 2.47. The van der Waals surface area contributed by atoms with E-state index < -0.39 is 5.54 Å². The molecule has 5 nitrogen and oxygen atoms in total. The number of nitriles is 1. The Balaban J connectivity index is 2.64. The standard InChI is InChI=1S/C16H23N3O2/c1-11(2)16(4,10-17)19-15(20)9-18-14-7-6-13(21-5)8-12(14)3/h6-8,11,18H,9H2,1-5H3,(H,19,20). The van der Waals surface area contributed by atoms with E-state index >= 15 is 0 Å². The maximum absolute atomic E-state index is 12.0. The van der Waals surface area contributed by atoms with Crippen LogP contribution in [0.4, 0.5) is 5.69 Å². The van der Waals surface area contributed by atoms with Crippen molar-refractivity contribution < 1.29 is 9.53 Å². The van der Waals surface area contributed by atoms with Gasteiger partial charge in [0.2, 0.25) is 5.91 Å². The van der Waals surface area contributed by atoms with Gasteiger partial charge in [0.15, 0.2) is 0 Å². The van der Waals surface area contributed by atoms with Crippen LogP contribution in [-0.2, 0) is 4.79 Å². The first-order valence-electron chi connectivity index (χ1n) is 6.93. The van der Waals surface area contributed by atoms with E-state index in [-0.39, 0.29) is 18.4 Å². The summed E-state index contributed by atoms with van der Waals surface area (Å²) >= 11 is 0. The number of rotatable bonds is 6. The number of hydrogen-bond acceptors (Lipinski definition) is 4. The molecule has 1 rings (SSSR count). The second kappa shape index (κ2) is 6.98. The first-order valence-corrected chi connectivity index (χ1v) is 6.93. The normalized spacial score (nSPS) is 13.2. The SMILES string of the molecule is COc1ccc(NCC(=O)NC(C)(C#N)C(C)C)c(C)c1. The number of hydrogen-bond donors (Lipinski definition) is 2. The number of nitrogens with one attached hydrogen (secondary N) is 2. The third-order valence-electron chi connectivity index (χ3n) is 3.66. The molecule has 0 radical (unpaired) electrons. The van der Waals surface area contributed by atoms with Crippen LogP contribution in [0.1, 0.15) is 26.3 Å². The number of carbonyl (C=O) groups excluding carboxylic acids is 1. The zero-order valence-corrected chi connectivity index (χ0v) is 13.3. The van der Waals surface area contributed by atoms with E-state index in [1.807, 2.05) is 39.0 Å². The van der Waals surface area contributed by atoms with Crippen LogP contribution >= 0.6 is 0 Å². The van der Waals surface area contributed by atoms with Gasteiger partial charge in [-0.15, -0.1) is 0 Å². The van der Waals surface area contributed by atoms with Crippen molar-refractivity contribution in [2.75, 3.05) is 19.0 Å². The lowest BCUT2D eigenvalue weighted by Crippen LogP contribution is -2.50. The van der Waals surface area contributed by atoms with Crippen LogP contribution in [0.2, 0.25) is 0 Å². The van der Waals surface area contributed by atoms with E-state index in [0.29, 0.717) is 0 Å². The molecule has 1 aromatic carbocycles. The molecule has 1 aromatic rings. The van der Waals surface area contributed by atoms with Gasteiger partial charge in [0.05, 0.1) is 19.7 Å². The molecular formula is C16H23N3O2. The van der Waals surface area contributed by atoms with Crippen molar-refractivity contribution >= 4 is 11.6 Å². The monoisotopic (exact) mass is 289 g/mol. The Hall–Kier alpha value is -2.22. The lowest BCUT2D eigenvalue weighted by atomic mass is 9.90. The third-order valence-corrected chi connectivity index (χ3v) is 3.66. The molecule has 1 unspecified atom stereocenters. The van der Waals surface area contributed by atoms with Crippen molar-refractivity contribution in [3.05, 3.63) is 23.8 Å². The van der Waals surface area contributed by atoms with Gasteiger partial charge < -0.3 is 15.4 Å². The van der Waals surface area contributed by atoms with Crippen molar-refractivity contribution in [3.63, 3.8) is 0 Å². The van der Waals surface area contributed by atoms with Gasteiger partial charge in [-0.25, -0.2) is 0 Å². The summed E-state index contributed by atoms with van der Waals surface area (Å²) in [6.45, 7) is 7.61. The van der Waals surface area contributed by atoms with E-state index in [4.69, 9.17) is 4.74 Å². The highest BCUT2D eigenvalue weighted by Crippen LogP contribution is 2.21. The molecule has 0 heterocycles. The molecule has 5 heteroatoms. The maximum Gasteiger partial charge on any atom is 0.240 e. The average Bonchev–Trinajstić information content (AvgIpc) is 2.45. The molecule has 0 aliphatic carbocycles. The number of nitrogens with zero attached hydrogens (tertiary/aromatic N) is 1. The van der Waals surface area contributed by atoms with Crippen LogP contribution in [-0.4, -0.2) is 25.1 Å². The van der Waals surface area contributed by atoms with Crippen molar-refractivity contribution in [3.8, 4) is 11.8 Å². The summed E-state index contributed by atoms with van der Waals surface area (Å²) in [5.41, 5.74) is 1.01. The van der Waals surface area contributed by atoms with E-state index in [0.717, 1.165) is 17.0 Å². The maximum atomic E-state index is 12.0. The number of amides is 1. The van der Waals surface area contributed by atoms with Gasteiger partial charge in [-0.3, -0.25) is 4.79 Å². The summed E-state index contributed by atoms with van der Waals surface area (Å²) < 4.78 is 5.14. The molecule has 0 saturated heterocycles. The Morgan fingerprint density at radius 3 is 2.62 bits per heavy atom. The number of anilines is 1. The number of methoxy groups -OCH3 is 1. The van der Waals surface area contributed by atoms with Crippen molar-refractivity contribution in [1.82, 2.24) is 5.32 Å². The summed E-state index contributed by atoms with van der Waals surface area (Å²) in [5, 5.41) is 15.0. The van der Waals surface area contributed by atoms with Crippen LogP contribution in [0.5, 0.6) is 5.75 Å². The average molecular weight is 289 g/mol. The van der Waals surface area contributed by atoms with E-state index in [2.05, 4.69) is 16.7 Å². The fraction of sp³-hybridized carbons (Fsp3) is 0.500. The highest BCUT2D eigenvalue weighted by molar-refractivity contribution is 5.82. The smallest absolute Gasteiger partial charge is 0.240 e. The van der Waals surface area contributed by atoms with Gasteiger partial charge in [0, 0.05) is 5.69 Å². The Bertz CT molecular complexity index is 549. The zero-order valence-electron chi connectivity index (χ0n) is 13.3. The topological polar surface area (TPSA) is 74.2 Å². The van der Waals surface area contributed by atoms with Crippen LogP contribution in [0.25, 0.3) is 0 Å². The molecule has 114 valence electrons. The molecule has 0 saturated carbocycles. The molecular weight excluding hydrogens is 266 g/mol. The van der Waals surface area contributed by atoms with E-state index in [1.54, 1.807) is 14.0 Å². The van der Waals surface area contributed by atoms with E-state index in [9.17, 15) is 10.1 Å². The first-order chi connectivity index (χ1) is 9.82. The number of carbonyl (C=O) groups is 1. The van der Waals surface area contributed by atoms with Crippen LogP contribution in [0.15, 0.2) is 18.2 Å². The molecule has 1 amide bonds. The lowest BCUT2D eigenvalue weighted by molar-refractivity contribution is -0.121. The Kier molecular flexibility index (Phi) is 5.60. The van der Waals surface area contributed by atoms with E-state index in [1.165, 1.54) is 0 Å². The number of ether oxygens (including phenoxy) is 1. The molecule has 1 atom stereocenters. The molecule has 2 N–H and O–H groups in total. The first kappa shape index (κ1) is 16.8. The molecule has 0 spiro atoms. The van der Waals surface area contributed by atoms with Crippen LogP contribution in [0, 0.1) is 24.2 Å². The van der Waals surface area contributed by atoms with Gasteiger partial charge in [0.25, 0.3) is 0 Å². The number of benzene rings is 1. The summed E-state index contributed by atoms with van der Waals surface area (Å²) in [4.78, 5) is 12.0. The fourth-order valence-corrected chi connectivity index (χ4v) is 1.77. The van der Waals surface area contributed by atoms with Gasteiger partial charge in [-0.2, -0.15) is 5.26 Å². The van der Waals surface area contributed by atoms with Crippen LogP contribution in [0.3, 0.4) is 0 Å². The number of aryl methyl sites for hydroxylation is 1. The molecule has 0 aliphatic rings. The second-order valence-electron chi connectivity index (χ2n) is 5.55. The molecule has 21 heavy (non-hydrogen) atoms. The summed E-state index contributed by atoms with van der Waals surface area (Å²) in [5.74, 6) is 0.608. The van der Waals surface area contributed by atoms with Crippen LogP contribution < -0.4 is 15.4 Å². The van der Waals surface area contributed by atoms with Gasteiger partial charge in [-0.1, -0.05) is 13.8 Å². The quantitative estimate of drug-likeness (QED) is 0.843. The third kappa shape index (κ3) is 4.38. The van der Waals surface area contributed by atoms with Gasteiger partial charge >= 0.3 is 0 Å². The second-order valence-corrected chi connectivity index (χ2v) is 5.55. The minimum absolute atomic E-state index is 0.0363. The minimum Gasteiger partial charge on any atom is -0.497 e. The predicted molar refractivity (Wildman–Crippen MR) is 83.2 cm³/mol. The van der Waals surface area contributed by atoms with Gasteiger partial charge in [0.1, 0.15) is 11.3 Å². The Morgan fingerprint density at radius 2 is 2.14 bits per heavy atom. The highest BCUT2D eigenvalue weighted by atomic mass is 16.5. The highest BCUT2D eigenvalue weighted by Gasteiger charge is 2.29. The summed E-state index contributed by atoms with van der Waals surface area (Å²) in [7, 11) is 1.62. The van der Waals surface area contributed by atoms with Crippen molar-refractivity contribution in [1.29, 1.82) is 5.26 Å². The zero-order chi connectivity index (χ0) is 16.0. The molecule has 0 bridgehead atoms.